The van der Waals surface area contributed by atoms with Gasteiger partial charge in [-0.05, 0) is 43.7 Å². The number of hydrogen-bond donors (Lipinski definition) is 1. The highest BCUT2D eigenvalue weighted by Crippen LogP contribution is 2.31. The average molecular weight is 478 g/mol. The van der Waals surface area contributed by atoms with E-state index in [1.807, 2.05) is 0 Å². The molecule has 1 N–H and O–H groups in total. The lowest BCUT2D eigenvalue weighted by atomic mass is 10.2. The second kappa shape index (κ2) is 10.9. The molecule has 0 saturated carbocycles. The van der Waals surface area contributed by atoms with E-state index >= 15 is 0 Å². The van der Waals surface area contributed by atoms with Crippen molar-refractivity contribution in [3.8, 4) is 5.69 Å². The number of hydrogen-bond acceptors (Lipinski definition) is 4. The molecule has 0 aliphatic heterocycles. The van der Waals surface area contributed by atoms with Crippen molar-refractivity contribution in [2.45, 2.75) is 56.1 Å². The van der Waals surface area contributed by atoms with Crippen LogP contribution in [0.4, 0.5) is 13.2 Å². The van der Waals surface area contributed by atoms with E-state index in [1.165, 1.54) is 12.1 Å². The Hall–Kier alpha value is -2.81. The predicted molar refractivity (Wildman–Crippen MR) is 125 cm³/mol. The van der Waals surface area contributed by atoms with Gasteiger partial charge < -0.3 is 5.32 Å². The minimum absolute atomic E-state index is 0.0442. The Kier molecular flexibility index (Phi) is 8.18. The molecule has 9 heteroatoms. The maximum atomic E-state index is 13.3. The van der Waals surface area contributed by atoms with Gasteiger partial charge in [0.2, 0.25) is 5.91 Å². The van der Waals surface area contributed by atoms with Crippen molar-refractivity contribution >= 4 is 28.6 Å². The first kappa shape index (κ1) is 24.8. The molecule has 0 aliphatic carbocycles. The topological polar surface area (TPSA) is 64.0 Å². The van der Waals surface area contributed by atoms with Crippen molar-refractivity contribution in [2.24, 2.45) is 0 Å². The number of para-hydroxylation sites is 1. The summed E-state index contributed by atoms with van der Waals surface area (Å²) in [7, 11) is 0. The van der Waals surface area contributed by atoms with Crippen LogP contribution in [-0.4, -0.2) is 27.3 Å². The van der Waals surface area contributed by atoms with Gasteiger partial charge in [0.15, 0.2) is 5.16 Å². The van der Waals surface area contributed by atoms with Crippen molar-refractivity contribution in [3.05, 3.63) is 64.4 Å². The van der Waals surface area contributed by atoms with E-state index in [2.05, 4.69) is 17.2 Å². The Morgan fingerprint density at radius 3 is 2.61 bits per heavy atom. The highest BCUT2D eigenvalue weighted by molar-refractivity contribution is 8.00. The van der Waals surface area contributed by atoms with Gasteiger partial charge in [0.05, 0.1) is 27.4 Å². The highest BCUT2D eigenvalue weighted by Gasteiger charge is 2.31. The van der Waals surface area contributed by atoms with Crippen LogP contribution in [0.1, 0.15) is 45.1 Å². The molecule has 3 rings (SSSR count). The Labute approximate surface area is 194 Å². The molecule has 5 nitrogen and oxygen atoms in total. The van der Waals surface area contributed by atoms with Gasteiger partial charge in [-0.3, -0.25) is 14.2 Å². The number of unbranched alkanes of at least 4 members (excludes halogenated alkanes) is 3. The zero-order chi connectivity index (χ0) is 24.0. The molecule has 0 aliphatic rings. The van der Waals surface area contributed by atoms with Crippen molar-refractivity contribution < 1.29 is 18.0 Å². The molecule has 1 aromatic heterocycles. The Morgan fingerprint density at radius 2 is 1.88 bits per heavy atom. The van der Waals surface area contributed by atoms with Gasteiger partial charge in [-0.1, -0.05) is 56.1 Å². The van der Waals surface area contributed by atoms with Gasteiger partial charge in [-0.2, -0.15) is 13.2 Å². The lowest BCUT2D eigenvalue weighted by Gasteiger charge is -2.17. The van der Waals surface area contributed by atoms with Crippen LogP contribution in [-0.2, 0) is 11.0 Å². The number of halogens is 3. The molecule has 3 aromatic rings. The van der Waals surface area contributed by atoms with E-state index in [0.717, 1.165) is 54.1 Å². The summed E-state index contributed by atoms with van der Waals surface area (Å²) in [5.74, 6) is -0.213. The summed E-state index contributed by atoms with van der Waals surface area (Å²) < 4.78 is 41.0. The number of rotatable bonds is 9. The SMILES string of the molecule is CCCCCCNC(=O)C(C)Sc1nc2ccccc2c(=O)n1-c1cccc(C(F)(F)F)c1. The van der Waals surface area contributed by atoms with Crippen LogP contribution in [0.5, 0.6) is 0 Å². The van der Waals surface area contributed by atoms with Crippen molar-refractivity contribution in [3.63, 3.8) is 0 Å². The van der Waals surface area contributed by atoms with Crippen LogP contribution in [0, 0.1) is 0 Å². The van der Waals surface area contributed by atoms with E-state index in [9.17, 15) is 22.8 Å². The molecule has 1 amide bonds. The number of carbonyl (C=O) groups excluding carboxylic acids is 1. The standard InChI is InChI=1S/C24H26F3N3O2S/c1-3-4-5-8-14-28-21(31)16(2)33-23-29-20-13-7-6-12-19(20)22(32)30(23)18-11-9-10-17(15-18)24(25,26)27/h6-7,9-13,15-16H,3-5,8,14H2,1-2H3,(H,28,31). The van der Waals surface area contributed by atoms with Crippen LogP contribution in [0.15, 0.2) is 58.5 Å². The van der Waals surface area contributed by atoms with Gasteiger partial charge >= 0.3 is 6.18 Å². The maximum absolute atomic E-state index is 13.3. The minimum Gasteiger partial charge on any atom is -0.355 e. The van der Waals surface area contributed by atoms with Crippen molar-refractivity contribution in [2.75, 3.05) is 6.54 Å². The molecule has 1 heterocycles. The zero-order valence-corrected chi connectivity index (χ0v) is 19.3. The third kappa shape index (κ3) is 6.16. The number of alkyl halides is 3. The molecule has 0 saturated heterocycles. The minimum atomic E-state index is -4.55. The maximum Gasteiger partial charge on any atom is 0.416 e. The number of carbonyl (C=O) groups is 1. The lowest BCUT2D eigenvalue weighted by molar-refractivity contribution is -0.137. The van der Waals surface area contributed by atoms with Crippen LogP contribution in [0.25, 0.3) is 16.6 Å². The van der Waals surface area contributed by atoms with Crippen molar-refractivity contribution in [1.29, 1.82) is 0 Å². The lowest BCUT2D eigenvalue weighted by Crippen LogP contribution is -2.32. The van der Waals surface area contributed by atoms with Crippen LogP contribution in [0.2, 0.25) is 0 Å². The molecule has 0 fully saturated rings. The molecule has 33 heavy (non-hydrogen) atoms. The van der Waals surface area contributed by atoms with E-state index < -0.39 is 22.5 Å². The first-order chi connectivity index (χ1) is 15.7. The van der Waals surface area contributed by atoms with Gasteiger partial charge in [0, 0.05) is 6.54 Å². The Balaban J connectivity index is 1.96. The summed E-state index contributed by atoms with van der Waals surface area (Å²) >= 11 is 1.04. The number of nitrogens with zero attached hydrogens (tertiary/aromatic N) is 2. The monoisotopic (exact) mass is 477 g/mol. The summed E-state index contributed by atoms with van der Waals surface area (Å²) in [5.41, 5.74) is -0.897. The van der Waals surface area contributed by atoms with Gasteiger partial charge in [-0.15, -0.1) is 0 Å². The molecular formula is C24H26F3N3O2S. The molecule has 0 bridgehead atoms. The summed E-state index contributed by atoms with van der Waals surface area (Å²) in [6.45, 7) is 4.34. The number of aromatic nitrogens is 2. The first-order valence-corrected chi connectivity index (χ1v) is 11.7. The molecule has 0 radical (unpaired) electrons. The summed E-state index contributed by atoms with van der Waals surface area (Å²) in [5, 5.41) is 2.73. The summed E-state index contributed by atoms with van der Waals surface area (Å²) in [6, 6.07) is 11.2. The van der Waals surface area contributed by atoms with Crippen LogP contribution < -0.4 is 10.9 Å². The molecular weight excluding hydrogens is 451 g/mol. The second-order valence-corrected chi connectivity index (χ2v) is 9.02. The molecule has 1 atom stereocenters. The van der Waals surface area contributed by atoms with Gasteiger partial charge in [0.25, 0.3) is 5.56 Å². The highest BCUT2D eigenvalue weighted by atomic mass is 32.2. The molecule has 176 valence electrons. The third-order valence-electron chi connectivity index (χ3n) is 5.16. The quantitative estimate of drug-likeness (QED) is 0.248. The van der Waals surface area contributed by atoms with E-state index in [4.69, 9.17) is 0 Å². The molecule has 1 unspecified atom stereocenters. The van der Waals surface area contributed by atoms with Crippen LogP contribution in [0.3, 0.4) is 0 Å². The molecule has 2 aromatic carbocycles. The smallest absolute Gasteiger partial charge is 0.355 e. The van der Waals surface area contributed by atoms with E-state index in [-0.39, 0.29) is 22.1 Å². The predicted octanol–water partition coefficient (Wildman–Crippen LogP) is 5.58. The van der Waals surface area contributed by atoms with E-state index in [0.29, 0.717) is 12.1 Å². The fraction of sp³-hybridized carbons (Fsp3) is 0.375. The fourth-order valence-corrected chi connectivity index (χ4v) is 4.31. The largest absolute Gasteiger partial charge is 0.416 e. The number of benzene rings is 2. The Bertz CT molecular complexity index is 1180. The number of fused-ring (bicyclic) bond motifs is 1. The number of amides is 1. The van der Waals surface area contributed by atoms with Gasteiger partial charge in [0.1, 0.15) is 0 Å². The fourth-order valence-electron chi connectivity index (χ4n) is 3.36. The summed E-state index contributed by atoms with van der Waals surface area (Å²) in [6.07, 6.45) is -0.451. The number of nitrogens with one attached hydrogen (secondary N) is 1. The third-order valence-corrected chi connectivity index (χ3v) is 6.21. The Morgan fingerprint density at radius 1 is 1.12 bits per heavy atom. The van der Waals surface area contributed by atoms with Crippen molar-refractivity contribution in [1.82, 2.24) is 14.9 Å². The normalized spacial score (nSPS) is 12.6. The van der Waals surface area contributed by atoms with Crippen LogP contribution >= 0.6 is 11.8 Å². The number of thioether (sulfide) groups is 1. The second-order valence-electron chi connectivity index (χ2n) is 7.71. The summed E-state index contributed by atoms with van der Waals surface area (Å²) in [4.78, 5) is 30.3. The van der Waals surface area contributed by atoms with Gasteiger partial charge in [-0.25, -0.2) is 4.98 Å². The zero-order valence-electron chi connectivity index (χ0n) is 18.5. The van der Waals surface area contributed by atoms with E-state index in [1.54, 1.807) is 31.2 Å². The molecule has 0 spiro atoms. The first-order valence-electron chi connectivity index (χ1n) is 10.9. The average Bonchev–Trinajstić information content (AvgIpc) is 2.78.